The fraction of sp³-hybridized carbons (Fsp3) is 0.447. The Morgan fingerprint density at radius 3 is 2.33 bits per heavy atom. The summed E-state index contributed by atoms with van der Waals surface area (Å²) in [6.07, 6.45) is 1.17. The number of carbonyl (C=O) groups excluding carboxylic acids is 4. The van der Waals surface area contributed by atoms with Gasteiger partial charge < -0.3 is 36.1 Å². The van der Waals surface area contributed by atoms with Crippen LogP contribution in [0.1, 0.15) is 63.8 Å². The second-order valence-corrected chi connectivity index (χ2v) is 14.1. The highest BCUT2D eigenvalue weighted by molar-refractivity contribution is 7.07. The Morgan fingerprint density at radius 1 is 0.922 bits per heavy atom. The monoisotopic (exact) mass is 718 g/mol. The van der Waals surface area contributed by atoms with E-state index in [1.54, 1.807) is 17.1 Å². The number of ether oxygens (including phenoxy) is 1. The van der Waals surface area contributed by atoms with Crippen molar-refractivity contribution >= 4 is 46.1 Å². The number of aromatic amines is 1. The minimum Gasteiger partial charge on any atom is -0.445 e. The number of benzene rings is 2. The van der Waals surface area contributed by atoms with Crippen LogP contribution in [0.2, 0.25) is 0 Å². The molecule has 0 aliphatic heterocycles. The molecule has 0 aliphatic rings. The lowest BCUT2D eigenvalue weighted by Gasteiger charge is -2.29. The van der Waals surface area contributed by atoms with Crippen molar-refractivity contribution in [3.63, 3.8) is 0 Å². The van der Waals surface area contributed by atoms with E-state index in [0.29, 0.717) is 24.6 Å². The molecule has 0 bridgehead atoms. The third kappa shape index (κ3) is 12.5. The molecule has 4 rings (SSSR count). The molecule has 274 valence electrons. The first-order valence-corrected chi connectivity index (χ1v) is 18.4. The van der Waals surface area contributed by atoms with E-state index in [4.69, 9.17) is 4.74 Å². The van der Waals surface area contributed by atoms with Gasteiger partial charge in [0, 0.05) is 41.9 Å². The Hall–Kier alpha value is -4.75. The van der Waals surface area contributed by atoms with Crippen LogP contribution in [0.25, 0.3) is 10.9 Å². The minimum absolute atomic E-state index is 0.0121. The predicted octanol–water partition coefficient (Wildman–Crippen LogP) is 4.63. The molecule has 0 radical (unpaired) electrons. The Balaban J connectivity index is 1.52. The largest absolute Gasteiger partial charge is 0.445 e. The predicted molar refractivity (Wildman–Crippen MR) is 198 cm³/mol. The molecule has 0 saturated carbocycles. The van der Waals surface area contributed by atoms with Crippen LogP contribution in [0.3, 0.4) is 0 Å². The highest BCUT2D eigenvalue weighted by atomic mass is 32.1. The molecule has 0 fully saturated rings. The molecule has 3 unspecified atom stereocenters. The fourth-order valence-corrected chi connectivity index (χ4v) is 6.18. The van der Waals surface area contributed by atoms with Crippen molar-refractivity contribution in [3.05, 3.63) is 88.5 Å². The molecule has 2 heterocycles. The van der Waals surface area contributed by atoms with Crippen molar-refractivity contribution in [1.82, 2.24) is 31.2 Å². The lowest BCUT2D eigenvalue weighted by molar-refractivity contribution is -0.131. The third-order valence-corrected chi connectivity index (χ3v) is 9.34. The number of nitrogens with zero attached hydrogens (tertiary/aromatic N) is 1. The van der Waals surface area contributed by atoms with E-state index in [0.717, 1.165) is 28.5 Å². The van der Waals surface area contributed by atoms with Crippen LogP contribution < -0.4 is 21.3 Å². The molecule has 51 heavy (non-hydrogen) atoms. The van der Waals surface area contributed by atoms with Gasteiger partial charge in [-0.15, -0.1) is 11.3 Å². The van der Waals surface area contributed by atoms with Crippen molar-refractivity contribution in [3.8, 4) is 0 Å². The van der Waals surface area contributed by atoms with Crippen molar-refractivity contribution in [2.45, 2.75) is 90.6 Å². The standard InChI is InChI=1S/C38H50N6O6S/c1-5-25(4)19-40-35(46)18-34(45)31(15-24(2)3)42-37(48)33(17-28-22-51-23-41-28)43-36(47)32(16-27-20-39-30-14-10-9-13-29(27)30)44-38(49)50-21-26-11-7-6-8-12-26/h6-14,20,22-25,31-34,39,45H,5,15-19,21H2,1-4H3,(H,40,46)(H,42,48)(H,43,47)(H,44,49)/t25?,31?,32-,33-,34?/m0/s1. The number of carbonyl (C=O) groups is 4. The second kappa shape index (κ2) is 19.6. The SMILES string of the molecule is CCC(C)CNC(=O)CC(O)C(CC(C)C)NC(=O)[C@H](Cc1cscn1)NC(=O)[C@H](Cc1c[nH]c2ccccc12)NC(=O)OCc1ccccc1. The van der Waals surface area contributed by atoms with Gasteiger partial charge in [-0.2, -0.15) is 0 Å². The number of alkyl carbamates (subject to hydrolysis) is 1. The van der Waals surface area contributed by atoms with Gasteiger partial charge in [0.2, 0.25) is 17.7 Å². The maximum Gasteiger partial charge on any atom is 0.408 e. The number of aromatic nitrogens is 2. The molecular formula is C38H50N6O6S. The number of amides is 4. The molecule has 6 N–H and O–H groups in total. The number of thiazole rings is 1. The van der Waals surface area contributed by atoms with Crippen LogP contribution in [0, 0.1) is 11.8 Å². The van der Waals surface area contributed by atoms with Crippen molar-refractivity contribution < 1.29 is 29.0 Å². The summed E-state index contributed by atoms with van der Waals surface area (Å²) in [5, 5.41) is 25.1. The molecule has 0 aliphatic carbocycles. The topological polar surface area (TPSA) is 175 Å². The zero-order chi connectivity index (χ0) is 36.8. The molecule has 2 aromatic heterocycles. The van der Waals surface area contributed by atoms with Crippen LogP contribution in [0.5, 0.6) is 0 Å². The maximum absolute atomic E-state index is 14.1. The van der Waals surface area contributed by atoms with E-state index in [1.165, 1.54) is 11.3 Å². The maximum atomic E-state index is 14.1. The number of para-hydroxylation sites is 1. The zero-order valence-corrected chi connectivity index (χ0v) is 30.5. The highest BCUT2D eigenvalue weighted by Gasteiger charge is 2.32. The summed E-state index contributed by atoms with van der Waals surface area (Å²) in [7, 11) is 0. The van der Waals surface area contributed by atoms with Crippen molar-refractivity contribution in [2.24, 2.45) is 11.8 Å². The average Bonchev–Trinajstić information content (AvgIpc) is 3.79. The van der Waals surface area contributed by atoms with Gasteiger partial charge in [0.15, 0.2) is 0 Å². The summed E-state index contributed by atoms with van der Waals surface area (Å²) in [5.41, 5.74) is 4.69. The highest BCUT2D eigenvalue weighted by Crippen LogP contribution is 2.20. The third-order valence-electron chi connectivity index (χ3n) is 8.71. The van der Waals surface area contributed by atoms with E-state index >= 15 is 0 Å². The average molecular weight is 719 g/mol. The molecular weight excluding hydrogens is 669 g/mol. The van der Waals surface area contributed by atoms with Gasteiger partial charge in [0.1, 0.15) is 18.7 Å². The molecule has 2 aromatic carbocycles. The molecule has 0 spiro atoms. The Kier molecular flexibility index (Phi) is 15.0. The Labute approximate surface area is 303 Å². The van der Waals surface area contributed by atoms with Gasteiger partial charge in [-0.3, -0.25) is 14.4 Å². The Bertz CT molecular complexity index is 1700. The number of rotatable bonds is 19. The van der Waals surface area contributed by atoms with E-state index in [1.807, 2.05) is 82.3 Å². The summed E-state index contributed by atoms with van der Waals surface area (Å²) < 4.78 is 5.45. The zero-order valence-electron chi connectivity index (χ0n) is 29.7. The van der Waals surface area contributed by atoms with E-state index < -0.39 is 42.1 Å². The van der Waals surface area contributed by atoms with Gasteiger partial charge in [-0.1, -0.05) is 82.6 Å². The molecule has 13 heteroatoms. The summed E-state index contributed by atoms with van der Waals surface area (Å²) in [4.78, 5) is 61.2. The normalized spacial score (nSPS) is 14.2. The first-order chi connectivity index (χ1) is 24.5. The number of H-pyrrole nitrogens is 1. The first-order valence-electron chi connectivity index (χ1n) is 17.5. The molecule has 4 aromatic rings. The quantitative estimate of drug-likeness (QED) is 0.0820. The number of fused-ring (bicyclic) bond motifs is 1. The molecule has 0 saturated heterocycles. The van der Waals surface area contributed by atoms with Crippen LogP contribution >= 0.6 is 11.3 Å². The van der Waals surface area contributed by atoms with Crippen LogP contribution in [-0.4, -0.2) is 69.7 Å². The van der Waals surface area contributed by atoms with Crippen molar-refractivity contribution in [2.75, 3.05) is 6.54 Å². The fourth-order valence-electron chi connectivity index (χ4n) is 5.61. The number of aliphatic hydroxyl groups is 1. The van der Waals surface area contributed by atoms with E-state index in [9.17, 15) is 24.3 Å². The molecule has 5 atom stereocenters. The van der Waals surface area contributed by atoms with E-state index in [-0.39, 0.29) is 37.7 Å². The molecule has 4 amide bonds. The number of hydrogen-bond donors (Lipinski definition) is 6. The lowest BCUT2D eigenvalue weighted by Crippen LogP contribution is -2.57. The number of nitrogens with one attached hydrogen (secondary N) is 5. The van der Waals surface area contributed by atoms with Gasteiger partial charge in [-0.25, -0.2) is 9.78 Å². The van der Waals surface area contributed by atoms with Crippen molar-refractivity contribution in [1.29, 1.82) is 0 Å². The summed E-state index contributed by atoms with van der Waals surface area (Å²) in [6.45, 7) is 8.50. The second-order valence-electron chi connectivity index (χ2n) is 13.4. The summed E-state index contributed by atoms with van der Waals surface area (Å²) >= 11 is 1.36. The smallest absolute Gasteiger partial charge is 0.408 e. The van der Waals surface area contributed by atoms with Gasteiger partial charge in [0.05, 0.1) is 29.8 Å². The Morgan fingerprint density at radius 2 is 1.63 bits per heavy atom. The molecule has 12 nitrogen and oxygen atoms in total. The number of aliphatic hydroxyl groups excluding tert-OH is 1. The van der Waals surface area contributed by atoms with Crippen LogP contribution in [0.4, 0.5) is 4.79 Å². The first kappa shape index (κ1) is 39.0. The number of hydrogen-bond acceptors (Lipinski definition) is 8. The van der Waals surface area contributed by atoms with E-state index in [2.05, 4.69) is 31.2 Å². The van der Waals surface area contributed by atoms with Gasteiger partial charge >= 0.3 is 6.09 Å². The lowest BCUT2D eigenvalue weighted by atomic mass is 9.96. The van der Waals surface area contributed by atoms with Gasteiger partial charge in [0.25, 0.3) is 0 Å². The summed E-state index contributed by atoms with van der Waals surface area (Å²) in [6, 6.07) is 13.9. The summed E-state index contributed by atoms with van der Waals surface area (Å²) in [5.74, 6) is -1.06. The van der Waals surface area contributed by atoms with Gasteiger partial charge in [-0.05, 0) is 35.4 Å². The van der Waals surface area contributed by atoms with Crippen LogP contribution in [-0.2, 0) is 38.6 Å². The minimum atomic E-state index is -1.15. The van der Waals surface area contributed by atoms with Crippen LogP contribution in [0.15, 0.2) is 71.7 Å².